The third-order valence-electron chi connectivity index (χ3n) is 7.47. The molecule has 3 heterocycles. The van der Waals surface area contributed by atoms with Gasteiger partial charge in [0.1, 0.15) is 23.1 Å². The molecule has 8 nitrogen and oxygen atoms in total. The maximum atomic E-state index is 13.9. The van der Waals surface area contributed by atoms with Crippen LogP contribution in [-0.2, 0) is 5.54 Å². The molecule has 42 heavy (non-hydrogen) atoms. The summed E-state index contributed by atoms with van der Waals surface area (Å²) in [7, 11) is 0. The number of nitrogens with one attached hydrogen (secondary N) is 2. The van der Waals surface area contributed by atoms with Crippen LogP contribution in [0.3, 0.4) is 0 Å². The molecule has 2 N–H and O–H groups in total. The molecule has 0 spiro atoms. The molecule has 10 heteroatoms. The monoisotopic (exact) mass is 580 g/mol. The van der Waals surface area contributed by atoms with Gasteiger partial charge in [-0.15, -0.1) is 5.10 Å². The topological polar surface area (TPSA) is 104 Å². The SMILES string of the molecule is CC(C)(C)CNc1c(C#N)cnc2c(Cl)cc(NC(c3ccc(F)cc3)c3cn(C4(c5ccccn5)CC4)nn3)cc12. The quantitative estimate of drug-likeness (QED) is 0.202. The molecule has 1 fully saturated rings. The van der Waals surface area contributed by atoms with Crippen molar-refractivity contribution in [2.45, 2.75) is 45.2 Å². The van der Waals surface area contributed by atoms with E-state index in [1.54, 1.807) is 30.6 Å². The number of fused-ring (bicyclic) bond motifs is 1. The van der Waals surface area contributed by atoms with Crippen molar-refractivity contribution in [3.63, 3.8) is 0 Å². The molecule has 1 saturated carbocycles. The predicted molar refractivity (Wildman–Crippen MR) is 162 cm³/mol. The third-order valence-corrected chi connectivity index (χ3v) is 7.75. The van der Waals surface area contributed by atoms with Gasteiger partial charge >= 0.3 is 0 Å². The minimum Gasteiger partial charge on any atom is -0.383 e. The molecule has 1 atom stereocenters. The van der Waals surface area contributed by atoms with E-state index in [2.05, 4.69) is 57.8 Å². The summed E-state index contributed by atoms with van der Waals surface area (Å²) in [4.78, 5) is 9.05. The summed E-state index contributed by atoms with van der Waals surface area (Å²) in [6, 6.07) is 17.7. The normalized spacial score (nSPS) is 14.8. The highest BCUT2D eigenvalue weighted by Gasteiger charge is 2.49. The van der Waals surface area contributed by atoms with Gasteiger partial charge in [-0.1, -0.05) is 55.8 Å². The fourth-order valence-electron chi connectivity index (χ4n) is 5.10. The Bertz CT molecular complexity index is 1780. The fourth-order valence-corrected chi connectivity index (χ4v) is 5.37. The van der Waals surface area contributed by atoms with E-state index >= 15 is 0 Å². The summed E-state index contributed by atoms with van der Waals surface area (Å²) in [5, 5.41) is 27.1. The van der Waals surface area contributed by atoms with Crippen LogP contribution < -0.4 is 10.6 Å². The van der Waals surface area contributed by atoms with Crippen molar-refractivity contribution >= 4 is 33.9 Å². The van der Waals surface area contributed by atoms with Crippen LogP contribution in [0, 0.1) is 22.6 Å². The van der Waals surface area contributed by atoms with Crippen LogP contribution in [0.2, 0.25) is 5.02 Å². The predicted octanol–water partition coefficient (Wildman–Crippen LogP) is 7.08. The number of hydrogen-bond donors (Lipinski definition) is 2. The first-order chi connectivity index (χ1) is 20.2. The molecule has 1 aliphatic rings. The number of nitrogens with zero attached hydrogens (tertiary/aromatic N) is 6. The van der Waals surface area contributed by atoms with Gasteiger partial charge in [-0.3, -0.25) is 9.97 Å². The Balaban J connectivity index is 1.41. The number of halogens is 2. The maximum absolute atomic E-state index is 13.9. The van der Waals surface area contributed by atoms with Crippen molar-refractivity contribution in [1.82, 2.24) is 25.0 Å². The molecule has 0 aliphatic heterocycles. The van der Waals surface area contributed by atoms with Crippen LogP contribution in [0.5, 0.6) is 0 Å². The van der Waals surface area contributed by atoms with Crippen molar-refractivity contribution < 1.29 is 4.39 Å². The van der Waals surface area contributed by atoms with Crippen LogP contribution in [0.15, 0.2) is 73.2 Å². The minimum atomic E-state index is -0.467. The molecule has 212 valence electrons. The summed E-state index contributed by atoms with van der Waals surface area (Å²) in [6.07, 6.45) is 7.09. The Morgan fingerprint density at radius 3 is 2.57 bits per heavy atom. The second-order valence-corrected chi connectivity index (χ2v) is 12.3. The summed E-state index contributed by atoms with van der Waals surface area (Å²) in [5.74, 6) is -0.327. The minimum absolute atomic E-state index is 0.0182. The molecule has 2 aromatic carbocycles. The Morgan fingerprint density at radius 1 is 1.12 bits per heavy atom. The van der Waals surface area contributed by atoms with Gasteiger partial charge in [-0.05, 0) is 60.2 Å². The molecule has 6 rings (SSSR count). The average Bonchev–Trinajstić information content (AvgIpc) is 3.64. The first-order valence-corrected chi connectivity index (χ1v) is 14.2. The second kappa shape index (κ2) is 10.7. The van der Waals surface area contributed by atoms with E-state index in [0.717, 1.165) is 29.5 Å². The van der Waals surface area contributed by atoms with Crippen molar-refractivity contribution in [2.24, 2.45) is 5.41 Å². The summed E-state index contributed by atoms with van der Waals surface area (Å²) >= 11 is 6.75. The highest BCUT2D eigenvalue weighted by atomic mass is 35.5. The summed E-state index contributed by atoms with van der Waals surface area (Å²) < 4.78 is 15.8. The van der Waals surface area contributed by atoms with Crippen molar-refractivity contribution in [3.05, 3.63) is 107 Å². The van der Waals surface area contributed by atoms with Gasteiger partial charge in [-0.2, -0.15) is 5.26 Å². The fraction of sp³-hybridized carbons (Fsp3) is 0.281. The smallest absolute Gasteiger partial charge is 0.123 e. The van der Waals surface area contributed by atoms with Gasteiger partial charge in [0.15, 0.2) is 0 Å². The van der Waals surface area contributed by atoms with Gasteiger partial charge in [0.2, 0.25) is 0 Å². The molecule has 0 radical (unpaired) electrons. The van der Waals surface area contributed by atoms with Crippen LogP contribution in [0.4, 0.5) is 15.8 Å². The number of benzene rings is 2. The van der Waals surface area contributed by atoms with Gasteiger partial charge < -0.3 is 10.6 Å². The van der Waals surface area contributed by atoms with Gasteiger partial charge in [0.05, 0.1) is 39.7 Å². The number of nitriles is 1. The average molecular weight is 581 g/mol. The lowest BCUT2D eigenvalue weighted by molar-refractivity contribution is 0.443. The largest absolute Gasteiger partial charge is 0.383 e. The third kappa shape index (κ3) is 5.38. The molecular formula is C32H30ClFN8. The van der Waals surface area contributed by atoms with E-state index in [0.29, 0.717) is 39.7 Å². The molecule has 0 amide bonds. The number of hydrogen-bond acceptors (Lipinski definition) is 7. The highest BCUT2D eigenvalue weighted by molar-refractivity contribution is 6.35. The first-order valence-electron chi connectivity index (χ1n) is 13.8. The molecule has 0 bridgehead atoms. The summed E-state index contributed by atoms with van der Waals surface area (Å²) in [5.41, 5.74) is 4.47. The maximum Gasteiger partial charge on any atom is 0.123 e. The van der Waals surface area contributed by atoms with Crippen molar-refractivity contribution in [3.8, 4) is 6.07 Å². The Morgan fingerprint density at radius 2 is 1.90 bits per heavy atom. The number of aromatic nitrogens is 5. The van der Waals surface area contributed by atoms with E-state index in [4.69, 9.17) is 11.6 Å². The van der Waals surface area contributed by atoms with Gasteiger partial charge in [-0.25, -0.2) is 9.07 Å². The zero-order valence-electron chi connectivity index (χ0n) is 23.6. The Hall–Kier alpha value is -4.55. The Labute approximate surface area is 248 Å². The number of anilines is 2. The van der Waals surface area contributed by atoms with E-state index in [1.165, 1.54) is 12.1 Å². The standard InChI is InChI=1S/C32H30ClFN8/c1-31(2,3)19-38-28-21(16-35)17-37-30-24(28)14-23(15-25(30)33)39-29(20-7-9-22(34)10-8-20)26-18-42(41-40-26)32(11-12-32)27-6-4-5-13-36-27/h4-10,13-15,17-18,29,39H,11-12,19H2,1-3H3,(H,37,38). The molecule has 5 aromatic rings. The number of pyridine rings is 2. The van der Waals surface area contributed by atoms with E-state index in [9.17, 15) is 9.65 Å². The number of rotatable bonds is 8. The van der Waals surface area contributed by atoms with Crippen LogP contribution in [0.25, 0.3) is 10.9 Å². The molecule has 3 aromatic heterocycles. The molecule has 0 saturated heterocycles. The van der Waals surface area contributed by atoms with Crippen LogP contribution in [-0.4, -0.2) is 31.5 Å². The van der Waals surface area contributed by atoms with Crippen LogP contribution >= 0.6 is 11.6 Å². The highest BCUT2D eigenvalue weighted by Crippen LogP contribution is 2.48. The Kier molecular flexibility index (Phi) is 7.03. The molecule has 1 aliphatic carbocycles. The molecule has 1 unspecified atom stereocenters. The van der Waals surface area contributed by atoms with Gasteiger partial charge in [0.25, 0.3) is 0 Å². The van der Waals surface area contributed by atoms with Crippen LogP contribution in [0.1, 0.15) is 62.2 Å². The van der Waals surface area contributed by atoms with Crippen molar-refractivity contribution in [1.29, 1.82) is 5.26 Å². The van der Waals surface area contributed by atoms with Crippen molar-refractivity contribution in [2.75, 3.05) is 17.2 Å². The lowest BCUT2D eigenvalue weighted by Crippen LogP contribution is -2.20. The van der Waals surface area contributed by atoms with E-state index in [-0.39, 0.29) is 16.8 Å². The zero-order chi connectivity index (χ0) is 29.5. The van der Waals surface area contributed by atoms with Gasteiger partial charge in [0, 0.05) is 30.0 Å². The lowest BCUT2D eigenvalue weighted by atomic mass is 9.96. The van der Waals surface area contributed by atoms with E-state index in [1.807, 2.05) is 35.1 Å². The first kappa shape index (κ1) is 27.6. The zero-order valence-corrected chi connectivity index (χ0v) is 24.3. The second-order valence-electron chi connectivity index (χ2n) is 11.9. The lowest BCUT2D eigenvalue weighted by Gasteiger charge is -2.22. The molecular weight excluding hydrogens is 551 g/mol. The van der Waals surface area contributed by atoms with E-state index < -0.39 is 6.04 Å². The summed E-state index contributed by atoms with van der Waals surface area (Å²) in [6.45, 7) is 7.01.